The maximum Gasteiger partial charge on any atom is 0.469 e. The summed E-state index contributed by atoms with van der Waals surface area (Å²) in [6, 6.07) is 0. The Bertz CT molecular complexity index is 366. The molecule has 0 atom stereocenters. The summed E-state index contributed by atoms with van der Waals surface area (Å²) in [4.78, 5) is 28.6. The maximum absolute atomic E-state index is 11.2. The number of carbonyl (C=O) groups is 1. The van der Waals surface area contributed by atoms with Crippen molar-refractivity contribution in [3.05, 3.63) is 12.2 Å². The van der Waals surface area contributed by atoms with Crippen LogP contribution in [0.4, 0.5) is 0 Å². The van der Waals surface area contributed by atoms with E-state index < -0.39 is 7.82 Å². The van der Waals surface area contributed by atoms with Gasteiger partial charge < -0.3 is 14.5 Å². The summed E-state index contributed by atoms with van der Waals surface area (Å²) in [6.45, 7) is 5.47. The molecular weight excluding hydrogens is 271 g/mol. The van der Waals surface area contributed by atoms with Crippen LogP contribution in [-0.4, -0.2) is 28.5 Å². The fraction of sp³-hybridized carbons (Fsp3) is 0.750. The molecule has 0 heterocycles. The van der Waals surface area contributed by atoms with E-state index in [4.69, 9.17) is 14.5 Å². The third-order valence-electron chi connectivity index (χ3n) is 3.19. The summed E-state index contributed by atoms with van der Waals surface area (Å²) in [5.74, 6) is 0.0352. The van der Waals surface area contributed by atoms with E-state index in [1.54, 1.807) is 6.92 Å². The van der Waals surface area contributed by atoms with Crippen molar-refractivity contribution in [1.82, 2.24) is 0 Å². The highest BCUT2D eigenvalue weighted by Crippen LogP contribution is 2.42. The van der Waals surface area contributed by atoms with Crippen LogP contribution in [0.1, 0.15) is 39.0 Å². The second kappa shape index (κ2) is 7.20. The molecule has 2 N–H and O–H groups in total. The average Bonchev–Trinajstić information content (AvgIpc) is 2.29. The van der Waals surface area contributed by atoms with E-state index in [0.29, 0.717) is 30.9 Å². The highest BCUT2D eigenvalue weighted by molar-refractivity contribution is 7.46. The Morgan fingerprint density at radius 1 is 1.32 bits per heavy atom. The lowest BCUT2D eigenvalue weighted by Crippen LogP contribution is -2.22. The van der Waals surface area contributed by atoms with Crippen LogP contribution in [0.25, 0.3) is 0 Å². The van der Waals surface area contributed by atoms with E-state index in [0.717, 1.165) is 19.3 Å². The number of rotatable bonds is 6. The van der Waals surface area contributed by atoms with Crippen molar-refractivity contribution in [2.45, 2.75) is 45.1 Å². The van der Waals surface area contributed by atoms with Crippen LogP contribution in [-0.2, 0) is 18.6 Å². The zero-order chi connectivity index (χ0) is 14.5. The van der Waals surface area contributed by atoms with Crippen molar-refractivity contribution in [1.29, 1.82) is 0 Å². The standard InChI is InChI=1S/C12H21O6P/c1-9(2)12(13)17-8-7-10-3-5-11(6-4-10)18-19(14,15)16/h10-11H,1,3-8H2,2H3,(H2,14,15,16). The summed E-state index contributed by atoms with van der Waals surface area (Å²) in [5.41, 5.74) is 0.388. The number of phosphoric acid groups is 1. The summed E-state index contributed by atoms with van der Waals surface area (Å²) in [7, 11) is -4.38. The summed E-state index contributed by atoms with van der Waals surface area (Å²) in [6.07, 6.45) is 3.32. The van der Waals surface area contributed by atoms with Gasteiger partial charge in [0, 0.05) is 5.57 Å². The second-order valence-electron chi connectivity index (χ2n) is 4.94. The molecule has 0 unspecified atom stereocenters. The van der Waals surface area contributed by atoms with Crippen molar-refractivity contribution in [3.63, 3.8) is 0 Å². The predicted molar refractivity (Wildman–Crippen MR) is 69.3 cm³/mol. The van der Waals surface area contributed by atoms with Crippen LogP contribution in [0.5, 0.6) is 0 Å². The first-order valence-electron chi connectivity index (χ1n) is 6.34. The van der Waals surface area contributed by atoms with Crippen LogP contribution < -0.4 is 0 Å². The van der Waals surface area contributed by atoms with E-state index in [-0.39, 0.29) is 12.1 Å². The van der Waals surface area contributed by atoms with Crippen molar-refractivity contribution in [2.24, 2.45) is 5.92 Å². The molecular formula is C12H21O6P. The largest absolute Gasteiger partial charge is 0.469 e. The van der Waals surface area contributed by atoms with Gasteiger partial charge in [-0.05, 0) is 44.9 Å². The van der Waals surface area contributed by atoms with Crippen LogP contribution in [0.15, 0.2) is 12.2 Å². The Morgan fingerprint density at radius 2 is 1.89 bits per heavy atom. The molecule has 0 spiro atoms. The number of phosphoric ester groups is 1. The lowest BCUT2D eigenvalue weighted by atomic mass is 9.86. The minimum absolute atomic E-state index is 0.361. The van der Waals surface area contributed by atoms with Gasteiger partial charge in [0.25, 0.3) is 0 Å². The van der Waals surface area contributed by atoms with Gasteiger partial charge in [-0.2, -0.15) is 0 Å². The first-order valence-corrected chi connectivity index (χ1v) is 7.87. The molecule has 0 aromatic carbocycles. The maximum atomic E-state index is 11.2. The van der Waals surface area contributed by atoms with Gasteiger partial charge in [0.15, 0.2) is 0 Å². The number of hydrogen-bond acceptors (Lipinski definition) is 4. The highest BCUT2D eigenvalue weighted by atomic mass is 31.2. The minimum Gasteiger partial charge on any atom is -0.462 e. The lowest BCUT2D eigenvalue weighted by Gasteiger charge is -2.28. The fourth-order valence-electron chi connectivity index (χ4n) is 2.16. The van der Waals surface area contributed by atoms with E-state index in [1.807, 2.05) is 0 Å². The molecule has 0 aromatic rings. The summed E-state index contributed by atoms with van der Waals surface area (Å²) in [5, 5.41) is 0. The van der Waals surface area contributed by atoms with Gasteiger partial charge in [-0.25, -0.2) is 9.36 Å². The monoisotopic (exact) mass is 292 g/mol. The zero-order valence-corrected chi connectivity index (χ0v) is 12.0. The Hall–Kier alpha value is -0.680. The molecule has 7 heteroatoms. The normalized spacial score (nSPS) is 23.9. The van der Waals surface area contributed by atoms with Crippen LogP contribution in [0.3, 0.4) is 0 Å². The van der Waals surface area contributed by atoms with E-state index in [2.05, 4.69) is 11.1 Å². The lowest BCUT2D eigenvalue weighted by molar-refractivity contribution is -0.139. The van der Waals surface area contributed by atoms with Gasteiger partial charge in [0.2, 0.25) is 0 Å². The van der Waals surface area contributed by atoms with Crippen LogP contribution in [0.2, 0.25) is 0 Å². The molecule has 1 rings (SSSR count). The van der Waals surface area contributed by atoms with Crippen LogP contribution >= 0.6 is 7.82 Å². The fourth-order valence-corrected chi connectivity index (χ4v) is 2.76. The van der Waals surface area contributed by atoms with Crippen molar-refractivity contribution >= 4 is 13.8 Å². The molecule has 110 valence electrons. The molecule has 19 heavy (non-hydrogen) atoms. The average molecular weight is 292 g/mol. The zero-order valence-electron chi connectivity index (χ0n) is 11.1. The first-order chi connectivity index (χ1) is 8.78. The molecule has 0 aliphatic heterocycles. The first kappa shape index (κ1) is 16.4. The highest BCUT2D eigenvalue weighted by Gasteiger charge is 2.27. The summed E-state index contributed by atoms with van der Waals surface area (Å²) < 4.78 is 20.4. The Balaban J connectivity index is 2.18. The number of hydrogen-bond donors (Lipinski definition) is 2. The third-order valence-corrected chi connectivity index (χ3v) is 3.76. The number of ether oxygens (including phenoxy) is 1. The Morgan fingerprint density at radius 3 is 2.37 bits per heavy atom. The molecule has 1 saturated carbocycles. The van der Waals surface area contributed by atoms with Gasteiger partial charge in [0.05, 0.1) is 12.7 Å². The van der Waals surface area contributed by atoms with E-state index in [1.165, 1.54) is 0 Å². The Kier molecular flexibility index (Phi) is 6.20. The third kappa shape index (κ3) is 6.87. The molecule has 6 nitrogen and oxygen atoms in total. The molecule has 0 aromatic heterocycles. The quantitative estimate of drug-likeness (QED) is 0.443. The molecule has 0 radical (unpaired) electrons. The summed E-state index contributed by atoms with van der Waals surface area (Å²) >= 11 is 0. The SMILES string of the molecule is C=C(C)C(=O)OCCC1CCC(OP(=O)(O)O)CC1. The van der Waals surface area contributed by atoms with Crippen LogP contribution in [0, 0.1) is 5.92 Å². The molecule has 1 fully saturated rings. The predicted octanol–water partition coefficient (Wildman–Crippen LogP) is 2.16. The van der Waals surface area contributed by atoms with E-state index in [9.17, 15) is 9.36 Å². The molecule has 0 amide bonds. The molecule has 0 saturated heterocycles. The number of esters is 1. The smallest absolute Gasteiger partial charge is 0.462 e. The van der Waals surface area contributed by atoms with Crippen molar-refractivity contribution in [2.75, 3.05) is 6.61 Å². The molecule has 0 bridgehead atoms. The van der Waals surface area contributed by atoms with Gasteiger partial charge in [-0.1, -0.05) is 6.58 Å². The van der Waals surface area contributed by atoms with Crippen molar-refractivity contribution in [3.8, 4) is 0 Å². The van der Waals surface area contributed by atoms with Gasteiger partial charge in [-0.15, -0.1) is 0 Å². The van der Waals surface area contributed by atoms with Gasteiger partial charge in [-0.3, -0.25) is 4.52 Å². The topological polar surface area (TPSA) is 93.1 Å². The van der Waals surface area contributed by atoms with Crippen molar-refractivity contribution < 1.29 is 28.4 Å². The molecule has 1 aliphatic carbocycles. The number of carbonyl (C=O) groups excluding carboxylic acids is 1. The van der Waals surface area contributed by atoms with Gasteiger partial charge in [0.1, 0.15) is 0 Å². The molecule has 1 aliphatic rings. The van der Waals surface area contributed by atoms with E-state index >= 15 is 0 Å². The Labute approximate surface area is 113 Å². The minimum atomic E-state index is -4.38. The van der Waals surface area contributed by atoms with Gasteiger partial charge >= 0.3 is 13.8 Å². The second-order valence-corrected chi connectivity index (χ2v) is 6.14.